The molecule has 6 N–H and O–H groups in total. The zero-order chi connectivity index (χ0) is 20.0. The molecule has 27 heavy (non-hydrogen) atoms. The quantitative estimate of drug-likeness (QED) is 0.551. The molecule has 6 nitrogen and oxygen atoms in total. The average Bonchev–Trinajstić information content (AvgIpc) is 2.94. The largest absolute Gasteiger partial charge is 0.606 e. The number of halogens is 5. The van der Waals surface area contributed by atoms with Crippen LogP contribution in [0.5, 0.6) is 0 Å². The highest BCUT2D eigenvalue weighted by atomic mass is 35.5. The zero-order valence-electron chi connectivity index (χ0n) is 13.3. The highest BCUT2D eigenvalue weighted by Crippen LogP contribution is 2.38. The van der Waals surface area contributed by atoms with Gasteiger partial charge in [-0.3, -0.25) is 11.2 Å². The van der Waals surface area contributed by atoms with Gasteiger partial charge in [0.15, 0.2) is 9.79 Å². The van der Waals surface area contributed by atoms with Gasteiger partial charge < -0.3 is 10.3 Å². The maximum absolute atomic E-state index is 12.8. The minimum Gasteiger partial charge on any atom is -0.606 e. The van der Waals surface area contributed by atoms with Crippen LogP contribution in [-0.2, 0) is 23.1 Å². The molecule has 2 atom stereocenters. The van der Waals surface area contributed by atoms with Gasteiger partial charge in [-0.15, -0.1) is 0 Å². The number of aliphatic imine (C=N–C) groups is 1. The lowest BCUT2D eigenvalue weighted by molar-refractivity contribution is -0.137. The van der Waals surface area contributed by atoms with Gasteiger partial charge >= 0.3 is 6.18 Å². The van der Waals surface area contributed by atoms with Crippen LogP contribution in [0.3, 0.4) is 0 Å². The number of nitrogens with two attached hydrogens (primary N) is 2. The molecule has 0 radical (unpaired) electrons. The number of nitrogens with zero attached hydrogens (tertiary/aromatic N) is 1. The van der Waals surface area contributed by atoms with E-state index in [2.05, 4.69) is 15.8 Å². The van der Waals surface area contributed by atoms with Gasteiger partial charge in [0.2, 0.25) is 11.7 Å². The second kappa shape index (κ2) is 7.04. The molecule has 1 aliphatic rings. The summed E-state index contributed by atoms with van der Waals surface area (Å²) in [6.45, 7) is 0. The van der Waals surface area contributed by atoms with Crippen LogP contribution >= 0.6 is 23.2 Å². The van der Waals surface area contributed by atoms with E-state index in [0.29, 0.717) is 5.56 Å². The van der Waals surface area contributed by atoms with Crippen LogP contribution in [0.1, 0.15) is 11.1 Å². The molecule has 2 aromatic rings. The summed E-state index contributed by atoms with van der Waals surface area (Å²) in [5, 5.41) is 0.0334. The summed E-state index contributed by atoms with van der Waals surface area (Å²) in [6, 6.07) is 6.70. The molecule has 0 aromatic heterocycles. The number of alkyl halides is 3. The van der Waals surface area contributed by atoms with Crippen LogP contribution in [0.4, 0.5) is 13.2 Å². The Morgan fingerprint density at radius 2 is 1.67 bits per heavy atom. The first-order valence-corrected chi connectivity index (χ1v) is 9.18. The van der Waals surface area contributed by atoms with Gasteiger partial charge in [-0.2, -0.15) is 18.6 Å². The smallest absolute Gasteiger partial charge is 0.416 e. The minimum atomic E-state index is -4.49. The van der Waals surface area contributed by atoms with Gasteiger partial charge in [-0.25, -0.2) is 4.99 Å². The van der Waals surface area contributed by atoms with Crippen LogP contribution in [0.2, 0.25) is 10.0 Å². The fourth-order valence-electron chi connectivity index (χ4n) is 2.38. The van der Waals surface area contributed by atoms with Gasteiger partial charge in [0.1, 0.15) is 0 Å². The Kier molecular flexibility index (Phi) is 5.23. The van der Waals surface area contributed by atoms with Crippen molar-refractivity contribution in [1.29, 1.82) is 0 Å². The zero-order valence-corrected chi connectivity index (χ0v) is 15.6. The monoisotopic (exact) mass is 437 g/mol. The van der Waals surface area contributed by atoms with E-state index < -0.39 is 28.7 Å². The molecule has 144 valence electrons. The lowest BCUT2D eigenvalue weighted by Crippen LogP contribution is -2.50. The van der Waals surface area contributed by atoms with Crippen molar-refractivity contribution in [3.63, 3.8) is 0 Å². The number of hydrogen-bond donors (Lipinski definition) is 4. The Morgan fingerprint density at radius 3 is 2.11 bits per heavy atom. The molecule has 1 aliphatic heterocycles. The summed E-state index contributed by atoms with van der Waals surface area (Å²) in [4.78, 5) is 4.15. The third-order valence-electron chi connectivity index (χ3n) is 3.70. The predicted molar refractivity (Wildman–Crippen MR) is 96.3 cm³/mol. The van der Waals surface area contributed by atoms with Crippen molar-refractivity contribution in [2.24, 2.45) is 16.5 Å². The van der Waals surface area contributed by atoms with E-state index in [1.54, 1.807) is 0 Å². The van der Waals surface area contributed by atoms with Crippen molar-refractivity contribution in [2.45, 2.75) is 21.8 Å². The van der Waals surface area contributed by atoms with Crippen molar-refractivity contribution in [2.75, 3.05) is 0 Å². The average molecular weight is 438 g/mol. The topological polar surface area (TPSA) is 112 Å². The van der Waals surface area contributed by atoms with E-state index in [0.717, 1.165) is 24.3 Å². The van der Waals surface area contributed by atoms with Gasteiger partial charge in [-0.05, 0) is 36.4 Å². The number of hydrazine groups is 1. The maximum atomic E-state index is 12.8. The van der Waals surface area contributed by atoms with E-state index in [-0.39, 0.29) is 25.8 Å². The first kappa shape index (κ1) is 20.1. The van der Waals surface area contributed by atoms with Crippen LogP contribution in [-0.4, -0.2) is 10.5 Å². The van der Waals surface area contributed by atoms with E-state index in [9.17, 15) is 17.7 Å². The Hall–Kier alpha value is -1.69. The Balaban J connectivity index is 1.95. The number of benzene rings is 2. The SMILES string of the molecule is NC1=NC(N)(c2cc(Cl)c([S+]([O-])c3ccc(C(F)(F)F)cc3)c(Cl)c2)NN1. The molecule has 0 bridgehead atoms. The summed E-state index contributed by atoms with van der Waals surface area (Å²) in [6.07, 6.45) is -4.49. The Morgan fingerprint density at radius 1 is 1.11 bits per heavy atom. The molecule has 3 rings (SSSR count). The predicted octanol–water partition coefficient (Wildman–Crippen LogP) is 2.67. The highest BCUT2D eigenvalue weighted by Gasteiger charge is 2.35. The van der Waals surface area contributed by atoms with Gasteiger partial charge in [-0.1, -0.05) is 23.2 Å². The molecule has 0 saturated carbocycles. The van der Waals surface area contributed by atoms with E-state index in [4.69, 9.17) is 34.7 Å². The van der Waals surface area contributed by atoms with Gasteiger partial charge in [0.05, 0.1) is 15.6 Å². The van der Waals surface area contributed by atoms with Crippen LogP contribution in [0.15, 0.2) is 51.2 Å². The fraction of sp³-hybridized carbons (Fsp3) is 0.133. The molecular weight excluding hydrogens is 426 g/mol. The molecule has 0 aliphatic carbocycles. The second-order valence-electron chi connectivity index (χ2n) is 5.57. The Labute approximate surface area is 164 Å². The van der Waals surface area contributed by atoms with E-state index in [1.165, 1.54) is 12.1 Å². The van der Waals surface area contributed by atoms with Crippen molar-refractivity contribution in [3.05, 3.63) is 57.6 Å². The number of rotatable bonds is 3. The first-order chi connectivity index (χ1) is 12.5. The lowest BCUT2D eigenvalue weighted by atomic mass is 10.1. The first-order valence-electron chi connectivity index (χ1n) is 7.27. The van der Waals surface area contributed by atoms with Crippen LogP contribution in [0, 0.1) is 0 Å². The summed E-state index contributed by atoms with van der Waals surface area (Å²) in [5.74, 6) is -1.37. The molecule has 0 amide bonds. The van der Waals surface area contributed by atoms with E-state index in [1.807, 2.05) is 0 Å². The number of guanidine groups is 1. The third kappa shape index (κ3) is 3.96. The number of nitrogens with one attached hydrogen (secondary N) is 2. The Bertz CT molecular complexity index is 886. The van der Waals surface area contributed by atoms with Gasteiger partial charge in [0, 0.05) is 16.7 Å². The summed E-state index contributed by atoms with van der Waals surface area (Å²) < 4.78 is 50.8. The molecule has 2 aromatic carbocycles. The molecule has 12 heteroatoms. The normalized spacial score (nSPS) is 20.9. The highest BCUT2D eigenvalue weighted by molar-refractivity contribution is 7.91. The van der Waals surface area contributed by atoms with Crippen molar-refractivity contribution in [3.8, 4) is 0 Å². The fourth-order valence-corrected chi connectivity index (χ4v) is 4.38. The van der Waals surface area contributed by atoms with Gasteiger partial charge in [0.25, 0.3) is 0 Å². The van der Waals surface area contributed by atoms with E-state index >= 15 is 0 Å². The maximum Gasteiger partial charge on any atom is 0.416 e. The lowest BCUT2D eigenvalue weighted by Gasteiger charge is -2.22. The third-order valence-corrected chi connectivity index (χ3v) is 6.03. The molecule has 0 spiro atoms. The molecular formula is C15H12Cl2F3N5OS. The van der Waals surface area contributed by atoms with Crippen molar-refractivity contribution < 1.29 is 17.7 Å². The molecule has 2 unspecified atom stereocenters. The standard InChI is InChI=1S/C15H12Cl2F3N5OS/c16-10-5-8(15(22)23-13(21)24-25-15)6-11(17)12(10)27(26)9-3-1-7(2-4-9)14(18,19)20/h1-6,25H,22H2,(H3,21,23,24). The molecule has 1 heterocycles. The summed E-state index contributed by atoms with van der Waals surface area (Å²) in [5.41, 5.74) is 16.3. The molecule has 0 fully saturated rings. The van der Waals surface area contributed by atoms with Crippen LogP contribution in [0.25, 0.3) is 0 Å². The summed E-state index contributed by atoms with van der Waals surface area (Å²) >= 11 is 10.5. The second-order valence-corrected chi connectivity index (χ2v) is 7.80. The van der Waals surface area contributed by atoms with Crippen molar-refractivity contribution in [1.82, 2.24) is 10.9 Å². The summed E-state index contributed by atoms with van der Waals surface area (Å²) in [7, 11) is 0. The minimum absolute atomic E-state index is 0.0167. The molecule has 0 saturated heterocycles. The van der Waals surface area contributed by atoms with Crippen LogP contribution < -0.4 is 22.3 Å². The van der Waals surface area contributed by atoms with Crippen molar-refractivity contribution >= 4 is 40.3 Å². The number of hydrogen-bond acceptors (Lipinski definition) is 6.